The maximum atomic E-state index is 11.6. The van der Waals surface area contributed by atoms with Crippen LogP contribution in [-0.2, 0) is 9.53 Å². The molecule has 0 aromatic rings. The molecular weight excluding hydrogens is 204 g/mol. The lowest BCUT2D eigenvalue weighted by Gasteiger charge is -2.24. The molecule has 0 aliphatic carbocycles. The molecule has 90 valence electrons. The summed E-state index contributed by atoms with van der Waals surface area (Å²) in [7, 11) is 0. The number of hydrogen-bond donors (Lipinski definition) is 2. The topological polar surface area (TPSA) is 50.4 Å². The number of carbonyl (C=O) groups excluding carboxylic acids is 1. The summed E-state index contributed by atoms with van der Waals surface area (Å²) in [6, 6.07) is 0.247. The number of terminal acetylenes is 1. The molecule has 0 radical (unpaired) electrons. The number of amides is 1. The van der Waals surface area contributed by atoms with Crippen molar-refractivity contribution in [2.45, 2.75) is 38.3 Å². The van der Waals surface area contributed by atoms with Gasteiger partial charge in [0.2, 0.25) is 5.91 Å². The van der Waals surface area contributed by atoms with Crippen molar-refractivity contribution < 1.29 is 9.53 Å². The van der Waals surface area contributed by atoms with Crippen molar-refractivity contribution in [2.75, 3.05) is 19.8 Å². The quantitative estimate of drug-likeness (QED) is 0.675. The number of nitrogens with one attached hydrogen (secondary N) is 2. The van der Waals surface area contributed by atoms with Gasteiger partial charge in [0.1, 0.15) is 0 Å². The molecule has 2 N–H and O–H groups in total. The Bertz CT molecular complexity index is 275. The largest absolute Gasteiger partial charge is 0.381 e. The Labute approximate surface area is 97.1 Å². The fraction of sp³-hybridized carbons (Fsp3) is 0.750. The number of hydrogen-bond acceptors (Lipinski definition) is 3. The molecule has 1 fully saturated rings. The maximum Gasteiger partial charge on any atom is 0.234 e. The summed E-state index contributed by atoms with van der Waals surface area (Å²) in [6.07, 6.45) is 7.10. The van der Waals surface area contributed by atoms with Gasteiger partial charge < -0.3 is 10.1 Å². The van der Waals surface area contributed by atoms with Crippen LogP contribution < -0.4 is 10.6 Å². The van der Waals surface area contributed by atoms with E-state index in [1.54, 1.807) is 0 Å². The first-order valence-electron chi connectivity index (χ1n) is 5.63. The number of rotatable bonds is 4. The predicted molar refractivity (Wildman–Crippen MR) is 62.9 cm³/mol. The monoisotopic (exact) mass is 224 g/mol. The Morgan fingerprint density at radius 1 is 1.50 bits per heavy atom. The Morgan fingerprint density at radius 3 is 2.69 bits per heavy atom. The van der Waals surface area contributed by atoms with Crippen LogP contribution in [0, 0.1) is 12.3 Å². The van der Waals surface area contributed by atoms with E-state index in [2.05, 4.69) is 16.6 Å². The Kier molecular flexibility index (Phi) is 4.78. The SMILES string of the molecule is C#CC(C)(C)NCC(=O)NC1CCOCC1. The van der Waals surface area contributed by atoms with E-state index >= 15 is 0 Å². The molecule has 16 heavy (non-hydrogen) atoms. The summed E-state index contributed by atoms with van der Waals surface area (Å²) in [5, 5.41) is 5.98. The summed E-state index contributed by atoms with van der Waals surface area (Å²) in [4.78, 5) is 11.6. The van der Waals surface area contributed by atoms with Gasteiger partial charge >= 0.3 is 0 Å². The molecule has 4 heteroatoms. The molecule has 0 unspecified atom stereocenters. The van der Waals surface area contributed by atoms with Gasteiger partial charge in [0, 0.05) is 19.3 Å². The lowest BCUT2D eigenvalue weighted by molar-refractivity contribution is -0.121. The highest BCUT2D eigenvalue weighted by Gasteiger charge is 2.18. The molecule has 0 aromatic heterocycles. The molecule has 1 aliphatic rings. The Balaban J connectivity index is 2.23. The summed E-state index contributed by atoms with van der Waals surface area (Å²) < 4.78 is 5.22. The lowest BCUT2D eigenvalue weighted by Crippen LogP contribution is -2.47. The van der Waals surface area contributed by atoms with E-state index < -0.39 is 5.54 Å². The van der Waals surface area contributed by atoms with Gasteiger partial charge in [-0.3, -0.25) is 10.1 Å². The Morgan fingerprint density at radius 2 is 2.12 bits per heavy atom. The number of carbonyl (C=O) groups is 1. The predicted octanol–water partition coefficient (Wildman–Crippen LogP) is 0.283. The van der Waals surface area contributed by atoms with Crippen LogP contribution in [0.4, 0.5) is 0 Å². The fourth-order valence-corrected chi connectivity index (χ4v) is 1.47. The minimum atomic E-state index is -0.437. The van der Waals surface area contributed by atoms with Crippen LogP contribution in [0.5, 0.6) is 0 Å². The van der Waals surface area contributed by atoms with Gasteiger partial charge in [-0.2, -0.15) is 0 Å². The third-order valence-corrected chi connectivity index (χ3v) is 2.64. The zero-order valence-electron chi connectivity index (χ0n) is 10.0. The van der Waals surface area contributed by atoms with E-state index in [-0.39, 0.29) is 18.5 Å². The summed E-state index contributed by atoms with van der Waals surface area (Å²) in [6.45, 7) is 5.46. The fourth-order valence-electron chi connectivity index (χ4n) is 1.47. The van der Waals surface area contributed by atoms with E-state index in [1.165, 1.54) is 0 Å². The average molecular weight is 224 g/mol. The van der Waals surface area contributed by atoms with Crippen molar-refractivity contribution in [3.63, 3.8) is 0 Å². The molecule has 1 amide bonds. The van der Waals surface area contributed by atoms with Gasteiger partial charge in [-0.25, -0.2) is 0 Å². The average Bonchev–Trinajstić information content (AvgIpc) is 2.28. The zero-order valence-corrected chi connectivity index (χ0v) is 10.0. The van der Waals surface area contributed by atoms with Crippen molar-refractivity contribution in [1.29, 1.82) is 0 Å². The molecule has 0 bridgehead atoms. The van der Waals surface area contributed by atoms with Crippen LogP contribution in [0.2, 0.25) is 0 Å². The first-order valence-corrected chi connectivity index (χ1v) is 5.63. The second kappa shape index (κ2) is 5.88. The van der Waals surface area contributed by atoms with E-state index in [9.17, 15) is 4.79 Å². The van der Waals surface area contributed by atoms with E-state index in [0.29, 0.717) is 0 Å². The van der Waals surface area contributed by atoms with Gasteiger partial charge in [-0.15, -0.1) is 6.42 Å². The highest BCUT2D eigenvalue weighted by molar-refractivity contribution is 5.78. The minimum absolute atomic E-state index is 0.00442. The van der Waals surface area contributed by atoms with Crippen molar-refractivity contribution in [3.8, 4) is 12.3 Å². The zero-order chi connectivity index (χ0) is 12.0. The first-order chi connectivity index (χ1) is 7.53. The maximum absolute atomic E-state index is 11.6. The van der Waals surface area contributed by atoms with Crippen molar-refractivity contribution in [3.05, 3.63) is 0 Å². The van der Waals surface area contributed by atoms with Crippen molar-refractivity contribution >= 4 is 5.91 Å². The molecule has 0 atom stereocenters. The lowest BCUT2D eigenvalue weighted by atomic mass is 10.1. The first kappa shape index (κ1) is 13.0. The molecule has 1 saturated heterocycles. The highest BCUT2D eigenvalue weighted by Crippen LogP contribution is 2.05. The van der Waals surface area contributed by atoms with Crippen molar-refractivity contribution in [1.82, 2.24) is 10.6 Å². The minimum Gasteiger partial charge on any atom is -0.381 e. The standard InChI is InChI=1S/C12H20N2O2/c1-4-12(2,3)13-9-11(15)14-10-5-7-16-8-6-10/h1,10,13H,5-9H2,2-3H3,(H,14,15). The molecule has 1 aliphatic heterocycles. The second-order valence-electron chi connectivity index (χ2n) is 4.58. The molecule has 1 rings (SSSR count). The molecule has 1 heterocycles. The van der Waals surface area contributed by atoms with Crippen LogP contribution in [0.3, 0.4) is 0 Å². The van der Waals surface area contributed by atoms with E-state index in [0.717, 1.165) is 26.1 Å². The third-order valence-electron chi connectivity index (χ3n) is 2.64. The van der Waals surface area contributed by atoms with Crippen LogP contribution in [0.25, 0.3) is 0 Å². The van der Waals surface area contributed by atoms with Gasteiger partial charge in [-0.1, -0.05) is 5.92 Å². The molecule has 4 nitrogen and oxygen atoms in total. The molecule has 0 aromatic carbocycles. The van der Waals surface area contributed by atoms with Gasteiger partial charge in [-0.05, 0) is 26.7 Å². The van der Waals surface area contributed by atoms with Gasteiger partial charge in [0.25, 0.3) is 0 Å². The van der Waals surface area contributed by atoms with E-state index in [1.807, 2.05) is 13.8 Å². The third kappa shape index (κ3) is 4.65. The summed E-state index contributed by atoms with van der Waals surface area (Å²) in [5.41, 5.74) is -0.437. The normalized spacial score (nSPS) is 17.8. The van der Waals surface area contributed by atoms with Crippen LogP contribution in [0.1, 0.15) is 26.7 Å². The second-order valence-corrected chi connectivity index (χ2v) is 4.58. The van der Waals surface area contributed by atoms with E-state index in [4.69, 9.17) is 11.2 Å². The smallest absolute Gasteiger partial charge is 0.234 e. The van der Waals surface area contributed by atoms with Crippen molar-refractivity contribution in [2.24, 2.45) is 0 Å². The van der Waals surface area contributed by atoms with Gasteiger partial charge in [0.05, 0.1) is 12.1 Å². The van der Waals surface area contributed by atoms with Crippen LogP contribution in [-0.4, -0.2) is 37.2 Å². The highest BCUT2D eigenvalue weighted by atomic mass is 16.5. The molecule has 0 spiro atoms. The van der Waals surface area contributed by atoms with Gasteiger partial charge in [0.15, 0.2) is 0 Å². The molecule has 0 saturated carbocycles. The van der Waals surface area contributed by atoms with Crippen LogP contribution in [0.15, 0.2) is 0 Å². The summed E-state index contributed by atoms with van der Waals surface area (Å²) >= 11 is 0. The van der Waals surface area contributed by atoms with Crippen LogP contribution >= 0.6 is 0 Å². The molecular formula is C12H20N2O2. The summed E-state index contributed by atoms with van der Waals surface area (Å²) in [5.74, 6) is 2.58. The number of ether oxygens (including phenoxy) is 1. The Hall–Kier alpha value is -1.05.